The monoisotopic (exact) mass is 293 g/mol. The molecule has 1 N–H and O–H groups in total. The molecular formula is C18H31NO2. The lowest BCUT2D eigenvalue weighted by atomic mass is 9.67. The minimum Gasteiger partial charge on any atom is -0.396 e. The molecule has 1 amide bonds. The van der Waals surface area contributed by atoms with Gasteiger partial charge in [-0.05, 0) is 56.8 Å². The molecule has 3 nitrogen and oxygen atoms in total. The first-order valence-corrected chi connectivity index (χ1v) is 9.21. The number of piperidine rings is 1. The molecular weight excluding hydrogens is 262 g/mol. The maximum Gasteiger partial charge on any atom is 0.225 e. The third-order valence-electron chi connectivity index (χ3n) is 6.26. The fourth-order valence-electron chi connectivity index (χ4n) is 5.07. The number of rotatable bonds is 3. The van der Waals surface area contributed by atoms with Crippen molar-refractivity contribution in [1.29, 1.82) is 0 Å². The number of fused-ring (bicyclic) bond motifs is 1. The van der Waals surface area contributed by atoms with Gasteiger partial charge in [0.05, 0.1) is 0 Å². The summed E-state index contributed by atoms with van der Waals surface area (Å²) >= 11 is 0. The summed E-state index contributed by atoms with van der Waals surface area (Å²) in [5.41, 5.74) is 0. The summed E-state index contributed by atoms with van der Waals surface area (Å²) in [6.07, 6.45) is 13.3. The molecule has 0 aromatic heterocycles. The van der Waals surface area contributed by atoms with Crippen molar-refractivity contribution in [2.45, 2.75) is 76.7 Å². The van der Waals surface area contributed by atoms with Gasteiger partial charge in [0.2, 0.25) is 5.91 Å². The molecule has 1 heterocycles. The van der Waals surface area contributed by atoms with Gasteiger partial charge in [0.15, 0.2) is 0 Å². The highest BCUT2D eigenvalue weighted by Gasteiger charge is 2.38. The maximum absolute atomic E-state index is 13.0. The minimum atomic E-state index is 0.212. The van der Waals surface area contributed by atoms with E-state index in [-0.39, 0.29) is 12.5 Å². The van der Waals surface area contributed by atoms with E-state index >= 15 is 0 Å². The lowest BCUT2D eigenvalue weighted by Crippen LogP contribution is -2.48. The highest BCUT2D eigenvalue weighted by Crippen LogP contribution is 2.43. The van der Waals surface area contributed by atoms with Crippen molar-refractivity contribution >= 4 is 5.91 Å². The Bertz CT molecular complexity index is 355. The van der Waals surface area contributed by atoms with E-state index < -0.39 is 0 Å². The molecule has 4 unspecified atom stereocenters. The second-order valence-corrected chi connectivity index (χ2v) is 7.51. The first kappa shape index (κ1) is 15.3. The first-order chi connectivity index (χ1) is 10.3. The van der Waals surface area contributed by atoms with Crippen molar-refractivity contribution in [2.75, 3.05) is 13.2 Å². The predicted octanol–water partition coefficient (Wildman–Crippen LogP) is 3.36. The van der Waals surface area contributed by atoms with Crippen LogP contribution in [0.4, 0.5) is 0 Å². The summed E-state index contributed by atoms with van der Waals surface area (Å²) in [4.78, 5) is 15.1. The lowest BCUT2D eigenvalue weighted by Gasteiger charge is -2.42. The molecule has 3 rings (SSSR count). The van der Waals surface area contributed by atoms with E-state index in [1.807, 2.05) is 0 Å². The molecule has 2 aliphatic carbocycles. The van der Waals surface area contributed by atoms with Gasteiger partial charge in [0.25, 0.3) is 0 Å². The molecule has 3 aliphatic rings. The highest BCUT2D eigenvalue weighted by molar-refractivity contribution is 5.79. The van der Waals surface area contributed by atoms with E-state index in [0.717, 1.165) is 50.5 Å². The Morgan fingerprint density at radius 1 is 0.952 bits per heavy atom. The van der Waals surface area contributed by atoms with Gasteiger partial charge in [0.1, 0.15) is 0 Å². The van der Waals surface area contributed by atoms with Gasteiger partial charge in [0, 0.05) is 25.1 Å². The van der Waals surface area contributed by atoms with Crippen molar-refractivity contribution in [1.82, 2.24) is 4.90 Å². The number of nitrogens with zero attached hydrogens (tertiary/aromatic N) is 1. The van der Waals surface area contributed by atoms with Crippen LogP contribution in [0.25, 0.3) is 0 Å². The molecule has 0 aromatic carbocycles. The average molecular weight is 293 g/mol. The second kappa shape index (κ2) is 7.13. The van der Waals surface area contributed by atoms with E-state index in [2.05, 4.69) is 4.90 Å². The molecule has 120 valence electrons. The van der Waals surface area contributed by atoms with Crippen LogP contribution in [-0.4, -0.2) is 35.1 Å². The Hall–Kier alpha value is -0.570. The van der Waals surface area contributed by atoms with Crippen molar-refractivity contribution in [2.24, 2.45) is 17.8 Å². The van der Waals surface area contributed by atoms with Gasteiger partial charge in [-0.25, -0.2) is 0 Å². The number of hydrogen-bond acceptors (Lipinski definition) is 2. The molecule has 0 bridgehead atoms. The number of carbonyl (C=O) groups excluding carboxylic acids is 1. The van der Waals surface area contributed by atoms with Crippen molar-refractivity contribution < 1.29 is 9.90 Å². The van der Waals surface area contributed by atoms with Crippen LogP contribution in [0.3, 0.4) is 0 Å². The average Bonchev–Trinajstić information content (AvgIpc) is 2.54. The Morgan fingerprint density at radius 2 is 1.71 bits per heavy atom. The van der Waals surface area contributed by atoms with Crippen LogP contribution in [0.2, 0.25) is 0 Å². The fraction of sp³-hybridized carbons (Fsp3) is 0.944. The SMILES string of the molecule is O=C(C1CCC2CCCCC2C1)N1CCCCC1CCO. The van der Waals surface area contributed by atoms with Crippen LogP contribution in [0.15, 0.2) is 0 Å². The summed E-state index contributed by atoms with van der Waals surface area (Å²) in [6, 6.07) is 0.306. The van der Waals surface area contributed by atoms with Crippen LogP contribution in [0.1, 0.15) is 70.6 Å². The Balaban J connectivity index is 1.61. The smallest absolute Gasteiger partial charge is 0.225 e. The number of aliphatic hydroxyl groups is 1. The zero-order valence-electron chi connectivity index (χ0n) is 13.3. The molecule has 3 fully saturated rings. The summed E-state index contributed by atoms with van der Waals surface area (Å²) in [6.45, 7) is 1.14. The molecule has 1 aliphatic heterocycles. The van der Waals surface area contributed by atoms with Crippen LogP contribution < -0.4 is 0 Å². The van der Waals surface area contributed by atoms with Crippen LogP contribution >= 0.6 is 0 Å². The number of hydrogen-bond donors (Lipinski definition) is 1. The summed E-state index contributed by atoms with van der Waals surface area (Å²) in [5, 5.41) is 9.24. The first-order valence-electron chi connectivity index (χ1n) is 9.21. The summed E-state index contributed by atoms with van der Waals surface area (Å²) in [7, 11) is 0. The van der Waals surface area contributed by atoms with E-state index in [1.54, 1.807) is 0 Å². The largest absolute Gasteiger partial charge is 0.396 e. The van der Waals surface area contributed by atoms with Crippen molar-refractivity contribution in [3.8, 4) is 0 Å². The third kappa shape index (κ3) is 3.44. The zero-order chi connectivity index (χ0) is 14.7. The predicted molar refractivity (Wildman–Crippen MR) is 83.8 cm³/mol. The fourth-order valence-corrected chi connectivity index (χ4v) is 5.07. The Labute approximate surface area is 129 Å². The summed E-state index contributed by atoms with van der Waals surface area (Å²) < 4.78 is 0. The number of likely N-dealkylation sites (tertiary alicyclic amines) is 1. The van der Waals surface area contributed by atoms with Gasteiger partial charge >= 0.3 is 0 Å². The van der Waals surface area contributed by atoms with Crippen LogP contribution in [0.5, 0.6) is 0 Å². The zero-order valence-corrected chi connectivity index (χ0v) is 13.3. The Kier molecular flexibility index (Phi) is 5.20. The minimum absolute atomic E-state index is 0.212. The van der Waals surface area contributed by atoms with E-state index in [0.29, 0.717) is 11.9 Å². The Morgan fingerprint density at radius 3 is 2.52 bits per heavy atom. The van der Waals surface area contributed by atoms with E-state index in [9.17, 15) is 9.90 Å². The number of carbonyl (C=O) groups is 1. The second-order valence-electron chi connectivity index (χ2n) is 7.51. The molecule has 0 radical (unpaired) electrons. The third-order valence-corrected chi connectivity index (χ3v) is 6.26. The molecule has 4 atom stereocenters. The van der Waals surface area contributed by atoms with Gasteiger partial charge in [-0.3, -0.25) is 4.79 Å². The van der Waals surface area contributed by atoms with Crippen LogP contribution in [-0.2, 0) is 4.79 Å². The molecule has 0 aromatic rings. The lowest BCUT2D eigenvalue weighted by molar-refractivity contribution is -0.142. The standard InChI is InChI=1S/C18H31NO2/c20-12-10-17-7-3-4-11-19(17)18(21)16-9-8-14-5-1-2-6-15(14)13-16/h14-17,20H,1-13H2. The summed E-state index contributed by atoms with van der Waals surface area (Å²) in [5.74, 6) is 2.43. The van der Waals surface area contributed by atoms with Gasteiger partial charge in [-0.15, -0.1) is 0 Å². The quantitative estimate of drug-likeness (QED) is 0.867. The normalized spacial score (nSPS) is 37.1. The number of aliphatic hydroxyl groups excluding tert-OH is 1. The molecule has 1 saturated heterocycles. The van der Waals surface area contributed by atoms with Gasteiger partial charge in [-0.1, -0.05) is 25.7 Å². The highest BCUT2D eigenvalue weighted by atomic mass is 16.3. The van der Waals surface area contributed by atoms with Gasteiger partial charge in [-0.2, -0.15) is 0 Å². The topological polar surface area (TPSA) is 40.5 Å². The molecule has 0 spiro atoms. The van der Waals surface area contributed by atoms with Crippen molar-refractivity contribution in [3.63, 3.8) is 0 Å². The molecule has 3 heteroatoms. The molecule has 21 heavy (non-hydrogen) atoms. The molecule has 2 saturated carbocycles. The van der Waals surface area contributed by atoms with E-state index in [1.165, 1.54) is 38.5 Å². The van der Waals surface area contributed by atoms with E-state index in [4.69, 9.17) is 0 Å². The maximum atomic E-state index is 13.0. The van der Waals surface area contributed by atoms with Crippen LogP contribution in [0, 0.1) is 17.8 Å². The van der Waals surface area contributed by atoms with Crippen molar-refractivity contribution in [3.05, 3.63) is 0 Å². The number of amides is 1. The van der Waals surface area contributed by atoms with Gasteiger partial charge < -0.3 is 10.0 Å².